The third kappa shape index (κ3) is 4.76. The Kier molecular flexibility index (Phi) is 6.34. The van der Waals surface area contributed by atoms with Crippen molar-refractivity contribution in [2.24, 2.45) is 0 Å². The summed E-state index contributed by atoms with van der Waals surface area (Å²) in [4.78, 5) is 16.4. The van der Waals surface area contributed by atoms with Gasteiger partial charge in [0.2, 0.25) is 10.0 Å². The number of hydrogen-bond acceptors (Lipinski definition) is 5. The van der Waals surface area contributed by atoms with Gasteiger partial charge < -0.3 is 15.1 Å². The minimum Gasteiger partial charge on any atom is -0.351 e. The summed E-state index contributed by atoms with van der Waals surface area (Å²) in [6, 6.07) is 6.25. The Balaban J connectivity index is 2.10. The average Bonchev–Trinajstić information content (AvgIpc) is 2.55. The van der Waals surface area contributed by atoms with Crippen LogP contribution in [-0.2, 0) is 10.0 Å². The molecule has 1 N–H and O–H groups in total. The van der Waals surface area contributed by atoms with Gasteiger partial charge >= 0.3 is 0 Å². The Bertz CT molecular complexity index is 668. The monoisotopic (exact) mass is 354 g/mol. The first-order valence-electron chi connectivity index (χ1n) is 8.02. The van der Waals surface area contributed by atoms with E-state index >= 15 is 0 Å². The van der Waals surface area contributed by atoms with Gasteiger partial charge in [-0.2, -0.15) is 4.31 Å². The second-order valence-corrected chi connectivity index (χ2v) is 8.23. The van der Waals surface area contributed by atoms with Crippen molar-refractivity contribution in [2.45, 2.75) is 4.90 Å². The van der Waals surface area contributed by atoms with Gasteiger partial charge in [-0.05, 0) is 39.3 Å². The van der Waals surface area contributed by atoms with E-state index in [-0.39, 0.29) is 10.8 Å². The molecular weight excluding hydrogens is 328 g/mol. The minimum absolute atomic E-state index is 0.173. The number of hydrogen-bond donors (Lipinski definition) is 1. The Morgan fingerprint density at radius 1 is 1.21 bits per heavy atom. The predicted molar refractivity (Wildman–Crippen MR) is 93.6 cm³/mol. The first-order chi connectivity index (χ1) is 11.3. The summed E-state index contributed by atoms with van der Waals surface area (Å²) in [6.07, 6.45) is 0. The third-order valence-electron chi connectivity index (χ3n) is 4.04. The first-order valence-corrected chi connectivity index (χ1v) is 9.46. The highest BCUT2D eigenvalue weighted by Crippen LogP contribution is 2.18. The third-order valence-corrected chi connectivity index (χ3v) is 5.94. The van der Waals surface area contributed by atoms with Crippen molar-refractivity contribution in [1.82, 2.24) is 19.4 Å². The van der Waals surface area contributed by atoms with Crippen LogP contribution in [0.1, 0.15) is 10.4 Å². The smallest absolute Gasteiger partial charge is 0.251 e. The summed E-state index contributed by atoms with van der Waals surface area (Å²) in [7, 11) is 2.27. The lowest BCUT2D eigenvalue weighted by atomic mass is 10.2. The predicted octanol–water partition coefficient (Wildman–Crippen LogP) is -0.0859. The van der Waals surface area contributed by atoms with E-state index in [2.05, 4.69) is 10.2 Å². The average molecular weight is 354 g/mol. The van der Waals surface area contributed by atoms with Crippen LogP contribution < -0.4 is 5.32 Å². The van der Waals surface area contributed by atoms with Crippen molar-refractivity contribution < 1.29 is 13.2 Å². The van der Waals surface area contributed by atoms with Crippen LogP contribution in [0.3, 0.4) is 0 Å². The standard InChI is InChI=1S/C16H26N4O3S/c1-18(2)8-7-17-16(21)14-5-4-6-15(13-14)24(22,23)20-11-9-19(3)10-12-20/h4-6,13H,7-12H2,1-3H3,(H,17,21). The number of nitrogens with zero attached hydrogens (tertiary/aromatic N) is 3. The number of likely N-dealkylation sites (N-methyl/N-ethyl adjacent to an activating group) is 2. The van der Waals surface area contributed by atoms with E-state index in [1.165, 1.54) is 10.4 Å². The summed E-state index contributed by atoms with van der Waals surface area (Å²) in [6.45, 7) is 3.61. The van der Waals surface area contributed by atoms with Crippen molar-refractivity contribution in [3.8, 4) is 0 Å². The highest BCUT2D eigenvalue weighted by Gasteiger charge is 2.27. The number of piperazine rings is 1. The molecule has 1 aliphatic heterocycles. The summed E-state index contributed by atoms with van der Waals surface area (Å²) < 4.78 is 27.0. The zero-order chi connectivity index (χ0) is 17.7. The quantitative estimate of drug-likeness (QED) is 0.773. The van der Waals surface area contributed by atoms with E-state index in [4.69, 9.17) is 0 Å². The molecule has 0 saturated carbocycles. The molecule has 0 unspecified atom stereocenters. The van der Waals surface area contributed by atoms with Crippen LogP contribution >= 0.6 is 0 Å². The molecular formula is C16H26N4O3S. The van der Waals surface area contributed by atoms with Crippen LogP contribution in [0.5, 0.6) is 0 Å². The topological polar surface area (TPSA) is 73.0 Å². The summed E-state index contributed by atoms with van der Waals surface area (Å²) in [5, 5.41) is 2.80. The minimum atomic E-state index is -3.56. The van der Waals surface area contributed by atoms with Gasteiger partial charge in [-0.3, -0.25) is 4.79 Å². The molecule has 0 radical (unpaired) electrons. The largest absolute Gasteiger partial charge is 0.351 e. The molecule has 8 heteroatoms. The maximum Gasteiger partial charge on any atom is 0.251 e. The molecule has 24 heavy (non-hydrogen) atoms. The van der Waals surface area contributed by atoms with E-state index in [0.29, 0.717) is 38.3 Å². The van der Waals surface area contributed by atoms with Crippen LogP contribution in [0.4, 0.5) is 0 Å². The van der Waals surface area contributed by atoms with Crippen molar-refractivity contribution in [1.29, 1.82) is 0 Å². The van der Waals surface area contributed by atoms with Gasteiger partial charge in [0.25, 0.3) is 5.91 Å². The molecule has 1 saturated heterocycles. The number of carbonyl (C=O) groups is 1. The van der Waals surface area contributed by atoms with Crippen LogP contribution in [-0.4, -0.2) is 88.8 Å². The SMILES string of the molecule is CN(C)CCNC(=O)c1cccc(S(=O)(=O)N2CCN(C)CC2)c1. The number of sulfonamides is 1. The normalized spacial score (nSPS) is 17.2. The van der Waals surface area contributed by atoms with E-state index in [0.717, 1.165) is 6.54 Å². The molecule has 7 nitrogen and oxygen atoms in total. The zero-order valence-corrected chi connectivity index (χ0v) is 15.3. The molecule has 0 spiro atoms. The van der Waals surface area contributed by atoms with E-state index < -0.39 is 10.0 Å². The fourth-order valence-corrected chi connectivity index (χ4v) is 3.94. The molecule has 0 atom stereocenters. The Morgan fingerprint density at radius 3 is 2.50 bits per heavy atom. The van der Waals surface area contributed by atoms with Gasteiger partial charge in [0.1, 0.15) is 0 Å². The molecule has 1 fully saturated rings. The molecule has 0 aliphatic carbocycles. The second-order valence-electron chi connectivity index (χ2n) is 6.29. The first kappa shape index (κ1) is 18.9. The molecule has 1 amide bonds. The molecule has 1 aliphatic rings. The van der Waals surface area contributed by atoms with Crippen LogP contribution in [0.15, 0.2) is 29.2 Å². The molecule has 1 aromatic rings. The Labute approximate surface area is 144 Å². The molecule has 1 aromatic carbocycles. The second kappa shape index (κ2) is 8.06. The van der Waals surface area contributed by atoms with Gasteiger partial charge in [0.15, 0.2) is 0 Å². The van der Waals surface area contributed by atoms with Gasteiger partial charge in [-0.25, -0.2) is 8.42 Å². The summed E-state index contributed by atoms with van der Waals surface area (Å²) in [5.41, 5.74) is 0.365. The van der Waals surface area contributed by atoms with Gasteiger partial charge in [-0.15, -0.1) is 0 Å². The highest BCUT2D eigenvalue weighted by molar-refractivity contribution is 7.89. The van der Waals surface area contributed by atoms with E-state index in [1.807, 2.05) is 26.0 Å². The molecule has 0 aromatic heterocycles. The fraction of sp³-hybridized carbons (Fsp3) is 0.562. The molecule has 0 bridgehead atoms. The number of amides is 1. The van der Waals surface area contributed by atoms with Crippen molar-refractivity contribution in [3.63, 3.8) is 0 Å². The lowest BCUT2D eigenvalue weighted by molar-refractivity contribution is 0.0951. The number of benzene rings is 1. The van der Waals surface area contributed by atoms with Crippen LogP contribution in [0, 0.1) is 0 Å². The highest BCUT2D eigenvalue weighted by atomic mass is 32.2. The summed E-state index contributed by atoms with van der Waals surface area (Å²) in [5.74, 6) is -0.257. The van der Waals surface area contributed by atoms with Crippen molar-refractivity contribution in [2.75, 3.05) is 60.4 Å². The zero-order valence-electron chi connectivity index (χ0n) is 14.5. The molecule has 134 valence electrons. The number of carbonyl (C=O) groups excluding carboxylic acids is 1. The van der Waals surface area contributed by atoms with Crippen LogP contribution in [0.25, 0.3) is 0 Å². The number of rotatable bonds is 6. The maximum atomic E-state index is 12.7. The van der Waals surface area contributed by atoms with E-state index in [9.17, 15) is 13.2 Å². The van der Waals surface area contributed by atoms with Crippen molar-refractivity contribution >= 4 is 15.9 Å². The van der Waals surface area contributed by atoms with Crippen molar-refractivity contribution in [3.05, 3.63) is 29.8 Å². The van der Waals surface area contributed by atoms with Gasteiger partial charge in [0, 0.05) is 44.8 Å². The van der Waals surface area contributed by atoms with Gasteiger partial charge in [-0.1, -0.05) is 6.07 Å². The van der Waals surface area contributed by atoms with Gasteiger partial charge in [0.05, 0.1) is 4.90 Å². The Morgan fingerprint density at radius 2 is 1.88 bits per heavy atom. The Hall–Kier alpha value is -1.48. The molecule has 2 rings (SSSR count). The number of nitrogens with one attached hydrogen (secondary N) is 1. The summed E-state index contributed by atoms with van der Waals surface area (Å²) >= 11 is 0. The lowest BCUT2D eigenvalue weighted by Crippen LogP contribution is -2.47. The molecule has 1 heterocycles. The van der Waals surface area contributed by atoms with E-state index in [1.54, 1.807) is 18.2 Å². The lowest BCUT2D eigenvalue weighted by Gasteiger charge is -2.31. The fourth-order valence-electron chi connectivity index (χ4n) is 2.47. The maximum absolute atomic E-state index is 12.7. The van der Waals surface area contributed by atoms with Crippen LogP contribution in [0.2, 0.25) is 0 Å².